The Morgan fingerprint density at radius 3 is 2.80 bits per heavy atom. The Kier molecular flexibility index (Phi) is 2.55. The van der Waals surface area contributed by atoms with E-state index in [2.05, 4.69) is 20.9 Å². The molecule has 0 aliphatic carbocycles. The molecule has 1 aromatic carbocycles. The summed E-state index contributed by atoms with van der Waals surface area (Å²) in [7, 11) is 0. The normalized spacial score (nSPS) is 10.2. The van der Waals surface area contributed by atoms with Crippen LogP contribution < -0.4 is 5.73 Å². The molecule has 76 valence electrons. The molecule has 0 fully saturated rings. The maximum atomic E-state index is 11.1. The molecule has 2 rings (SSSR count). The van der Waals surface area contributed by atoms with Gasteiger partial charge in [-0.05, 0) is 18.2 Å². The van der Waals surface area contributed by atoms with Gasteiger partial charge in [-0.2, -0.15) is 0 Å². The number of rotatable bonds is 2. The average molecular weight is 266 g/mol. The van der Waals surface area contributed by atoms with Crippen LogP contribution in [0, 0.1) is 0 Å². The summed E-state index contributed by atoms with van der Waals surface area (Å²) in [5.74, 6) is -0.447. The zero-order valence-electron chi connectivity index (χ0n) is 7.72. The van der Waals surface area contributed by atoms with Crippen molar-refractivity contribution in [1.29, 1.82) is 0 Å². The molecule has 0 saturated heterocycles. The molecule has 0 aliphatic heterocycles. The lowest BCUT2D eigenvalue weighted by molar-refractivity contribution is 0.1000. The van der Waals surface area contributed by atoms with Crippen molar-refractivity contribution in [3.63, 3.8) is 0 Å². The molecule has 0 spiro atoms. The molecule has 1 aromatic heterocycles. The lowest BCUT2D eigenvalue weighted by atomic mass is 10.2. The highest BCUT2D eigenvalue weighted by Crippen LogP contribution is 2.18. The van der Waals surface area contributed by atoms with E-state index in [-0.39, 0.29) is 0 Å². The summed E-state index contributed by atoms with van der Waals surface area (Å²) in [6, 6.07) is 5.28. The summed E-state index contributed by atoms with van der Waals surface area (Å²) in [6.07, 6.45) is 5.13. The van der Waals surface area contributed by atoms with Gasteiger partial charge in [-0.1, -0.05) is 15.9 Å². The molecule has 5 heteroatoms. The van der Waals surface area contributed by atoms with Crippen LogP contribution in [0.25, 0.3) is 5.69 Å². The molecule has 15 heavy (non-hydrogen) atoms. The maximum absolute atomic E-state index is 11.1. The zero-order valence-corrected chi connectivity index (χ0v) is 9.31. The summed E-state index contributed by atoms with van der Waals surface area (Å²) in [4.78, 5) is 15.0. The number of nitrogens with two attached hydrogens (primary N) is 1. The first-order valence-corrected chi connectivity index (χ1v) is 5.05. The van der Waals surface area contributed by atoms with Gasteiger partial charge < -0.3 is 10.3 Å². The number of primary amides is 1. The quantitative estimate of drug-likeness (QED) is 0.899. The SMILES string of the molecule is NC(=O)c1cc(Br)cc(-n2ccnc2)c1. The van der Waals surface area contributed by atoms with Crippen LogP contribution in [0.4, 0.5) is 0 Å². The van der Waals surface area contributed by atoms with Crippen LogP contribution in [-0.2, 0) is 0 Å². The Labute approximate surface area is 94.9 Å². The molecule has 1 amide bonds. The summed E-state index contributed by atoms with van der Waals surface area (Å²) in [5, 5.41) is 0. The monoisotopic (exact) mass is 265 g/mol. The molecular formula is C10H8BrN3O. The van der Waals surface area contributed by atoms with E-state index in [0.29, 0.717) is 5.56 Å². The van der Waals surface area contributed by atoms with Crippen molar-refractivity contribution in [1.82, 2.24) is 9.55 Å². The third kappa shape index (κ3) is 2.07. The highest BCUT2D eigenvalue weighted by Gasteiger charge is 2.05. The standard InChI is InChI=1S/C10H8BrN3O/c11-8-3-7(10(12)15)4-9(5-8)14-2-1-13-6-14/h1-6H,(H2,12,15). The molecule has 0 aliphatic rings. The minimum atomic E-state index is -0.447. The number of halogens is 1. The molecular weight excluding hydrogens is 258 g/mol. The van der Waals surface area contributed by atoms with E-state index in [1.807, 2.05) is 6.07 Å². The number of aromatic nitrogens is 2. The van der Waals surface area contributed by atoms with Crippen molar-refractivity contribution in [2.45, 2.75) is 0 Å². The first kappa shape index (κ1) is 9.92. The molecule has 2 aromatic rings. The minimum absolute atomic E-state index is 0.447. The van der Waals surface area contributed by atoms with E-state index >= 15 is 0 Å². The predicted octanol–water partition coefficient (Wildman–Crippen LogP) is 1.73. The zero-order chi connectivity index (χ0) is 10.8. The van der Waals surface area contributed by atoms with Crippen molar-refractivity contribution >= 4 is 21.8 Å². The Hall–Kier alpha value is -1.62. The molecule has 0 saturated carbocycles. The number of nitrogens with zero attached hydrogens (tertiary/aromatic N) is 2. The topological polar surface area (TPSA) is 60.9 Å². The number of imidazole rings is 1. The fourth-order valence-electron chi connectivity index (χ4n) is 1.28. The van der Waals surface area contributed by atoms with Crippen LogP contribution in [0.3, 0.4) is 0 Å². The van der Waals surface area contributed by atoms with E-state index in [0.717, 1.165) is 10.2 Å². The van der Waals surface area contributed by atoms with Gasteiger partial charge in [-0.3, -0.25) is 4.79 Å². The highest BCUT2D eigenvalue weighted by molar-refractivity contribution is 9.10. The number of hydrogen-bond donors (Lipinski definition) is 1. The van der Waals surface area contributed by atoms with Crippen LogP contribution >= 0.6 is 15.9 Å². The Bertz CT molecular complexity index is 493. The van der Waals surface area contributed by atoms with Crippen molar-refractivity contribution in [3.8, 4) is 5.69 Å². The van der Waals surface area contributed by atoms with Gasteiger partial charge in [0, 0.05) is 28.1 Å². The summed E-state index contributed by atoms with van der Waals surface area (Å²) in [5.41, 5.74) is 6.53. The van der Waals surface area contributed by atoms with E-state index in [1.165, 1.54) is 0 Å². The van der Waals surface area contributed by atoms with Crippen LogP contribution in [0.2, 0.25) is 0 Å². The Morgan fingerprint density at radius 1 is 1.40 bits per heavy atom. The summed E-state index contributed by atoms with van der Waals surface area (Å²) < 4.78 is 2.61. The van der Waals surface area contributed by atoms with Gasteiger partial charge in [-0.15, -0.1) is 0 Å². The van der Waals surface area contributed by atoms with Crippen LogP contribution in [0.1, 0.15) is 10.4 Å². The maximum Gasteiger partial charge on any atom is 0.248 e. The number of amides is 1. The van der Waals surface area contributed by atoms with Crippen LogP contribution in [0.15, 0.2) is 41.4 Å². The molecule has 2 N–H and O–H groups in total. The largest absolute Gasteiger partial charge is 0.366 e. The van der Waals surface area contributed by atoms with Gasteiger partial charge >= 0.3 is 0 Å². The van der Waals surface area contributed by atoms with Gasteiger partial charge in [0.2, 0.25) is 5.91 Å². The van der Waals surface area contributed by atoms with E-state index in [4.69, 9.17) is 5.73 Å². The van der Waals surface area contributed by atoms with E-state index < -0.39 is 5.91 Å². The second-order valence-corrected chi connectivity index (χ2v) is 3.95. The Morgan fingerprint density at radius 2 is 2.20 bits per heavy atom. The molecule has 0 radical (unpaired) electrons. The molecule has 0 unspecified atom stereocenters. The van der Waals surface area contributed by atoms with Crippen molar-refractivity contribution in [2.75, 3.05) is 0 Å². The highest BCUT2D eigenvalue weighted by atomic mass is 79.9. The molecule has 4 nitrogen and oxygen atoms in total. The van der Waals surface area contributed by atoms with Crippen molar-refractivity contribution < 1.29 is 4.79 Å². The minimum Gasteiger partial charge on any atom is -0.366 e. The van der Waals surface area contributed by atoms with Gasteiger partial charge in [0.15, 0.2) is 0 Å². The molecule has 1 heterocycles. The summed E-state index contributed by atoms with van der Waals surface area (Å²) >= 11 is 3.33. The van der Waals surface area contributed by atoms with Gasteiger partial charge in [-0.25, -0.2) is 4.98 Å². The van der Waals surface area contributed by atoms with Crippen molar-refractivity contribution in [3.05, 3.63) is 47.0 Å². The summed E-state index contributed by atoms with van der Waals surface area (Å²) in [6.45, 7) is 0. The van der Waals surface area contributed by atoms with E-state index in [9.17, 15) is 4.79 Å². The number of carbonyl (C=O) groups is 1. The van der Waals surface area contributed by atoms with Crippen molar-refractivity contribution in [2.24, 2.45) is 5.73 Å². The number of benzene rings is 1. The molecule has 0 atom stereocenters. The van der Waals surface area contributed by atoms with Crippen LogP contribution in [0.5, 0.6) is 0 Å². The lowest BCUT2D eigenvalue weighted by Crippen LogP contribution is -2.11. The van der Waals surface area contributed by atoms with Crippen LogP contribution in [-0.4, -0.2) is 15.5 Å². The second-order valence-electron chi connectivity index (χ2n) is 3.03. The number of carbonyl (C=O) groups excluding carboxylic acids is 1. The fraction of sp³-hybridized carbons (Fsp3) is 0. The van der Waals surface area contributed by atoms with Gasteiger partial charge in [0.1, 0.15) is 0 Å². The smallest absolute Gasteiger partial charge is 0.248 e. The number of hydrogen-bond acceptors (Lipinski definition) is 2. The fourth-order valence-corrected chi connectivity index (χ4v) is 1.76. The average Bonchev–Trinajstić information content (AvgIpc) is 2.69. The Balaban J connectivity index is 2.54. The first-order valence-electron chi connectivity index (χ1n) is 4.25. The third-order valence-corrected chi connectivity index (χ3v) is 2.43. The van der Waals surface area contributed by atoms with E-state index in [1.54, 1.807) is 35.4 Å². The third-order valence-electron chi connectivity index (χ3n) is 1.97. The first-order chi connectivity index (χ1) is 7.16. The second kappa shape index (κ2) is 3.86. The molecule has 0 bridgehead atoms. The van der Waals surface area contributed by atoms with Gasteiger partial charge in [0.25, 0.3) is 0 Å². The lowest BCUT2D eigenvalue weighted by Gasteiger charge is -2.04. The van der Waals surface area contributed by atoms with Gasteiger partial charge in [0.05, 0.1) is 6.33 Å². The predicted molar refractivity (Wildman–Crippen MR) is 59.8 cm³/mol.